The van der Waals surface area contributed by atoms with E-state index in [0.29, 0.717) is 17.1 Å². The molecule has 0 bridgehead atoms. The normalized spacial score (nSPS) is 15.6. The van der Waals surface area contributed by atoms with E-state index in [2.05, 4.69) is 25.4 Å². The highest BCUT2D eigenvalue weighted by Crippen LogP contribution is 2.35. The van der Waals surface area contributed by atoms with Crippen LogP contribution in [0.15, 0.2) is 28.8 Å². The molecule has 9 heteroatoms. The van der Waals surface area contributed by atoms with Crippen molar-refractivity contribution in [1.29, 1.82) is 0 Å². The number of aryl methyl sites for hydroxylation is 2. The van der Waals surface area contributed by atoms with E-state index in [1.807, 2.05) is 13.8 Å². The number of alkyl halides is 3. The van der Waals surface area contributed by atoms with E-state index in [0.717, 1.165) is 43.8 Å². The third-order valence-electron chi connectivity index (χ3n) is 5.04. The molecule has 1 aromatic carbocycles. The van der Waals surface area contributed by atoms with E-state index >= 15 is 0 Å². The van der Waals surface area contributed by atoms with Crippen molar-refractivity contribution in [2.45, 2.75) is 38.8 Å². The highest BCUT2D eigenvalue weighted by molar-refractivity contribution is 5.64. The lowest BCUT2D eigenvalue weighted by Gasteiger charge is -2.24. The Morgan fingerprint density at radius 3 is 2.55 bits per heavy atom. The number of piperidine rings is 1. The van der Waals surface area contributed by atoms with Crippen molar-refractivity contribution in [2.24, 2.45) is 0 Å². The number of hydrogen-bond acceptors (Lipinski definition) is 6. The highest BCUT2D eigenvalue weighted by Gasteiger charge is 2.31. The van der Waals surface area contributed by atoms with Crippen LogP contribution < -0.4 is 5.32 Å². The summed E-state index contributed by atoms with van der Waals surface area (Å²) in [5, 5.41) is 7.24. The molecule has 0 atom stereocenters. The summed E-state index contributed by atoms with van der Waals surface area (Å²) in [6.07, 6.45) is -2.58. The number of nitrogens with one attached hydrogen (secondary N) is 1. The molecule has 0 radical (unpaired) electrons. The minimum atomic E-state index is -4.44. The second kappa shape index (κ2) is 7.55. The summed E-state index contributed by atoms with van der Waals surface area (Å²) in [7, 11) is 0. The van der Waals surface area contributed by atoms with E-state index in [-0.39, 0.29) is 23.2 Å². The molecule has 4 rings (SSSR count). The summed E-state index contributed by atoms with van der Waals surface area (Å²) >= 11 is 0. The Kier molecular flexibility index (Phi) is 5.08. The summed E-state index contributed by atoms with van der Waals surface area (Å²) < 4.78 is 44.5. The zero-order valence-electron chi connectivity index (χ0n) is 16.0. The topological polar surface area (TPSA) is 76.7 Å². The molecule has 0 unspecified atom stereocenters. The van der Waals surface area contributed by atoms with Gasteiger partial charge in [-0.2, -0.15) is 18.2 Å². The molecule has 6 nitrogen and oxygen atoms in total. The molecular weight excluding hydrogens is 383 g/mol. The monoisotopic (exact) mass is 403 g/mol. The van der Waals surface area contributed by atoms with E-state index < -0.39 is 11.7 Å². The molecule has 1 fully saturated rings. The first-order valence-corrected chi connectivity index (χ1v) is 9.40. The van der Waals surface area contributed by atoms with Gasteiger partial charge in [-0.1, -0.05) is 17.3 Å². The molecule has 0 aliphatic carbocycles. The van der Waals surface area contributed by atoms with Crippen LogP contribution in [0.4, 0.5) is 13.2 Å². The van der Waals surface area contributed by atoms with E-state index in [4.69, 9.17) is 4.52 Å². The molecule has 1 saturated heterocycles. The lowest BCUT2D eigenvalue weighted by atomic mass is 9.90. The van der Waals surface area contributed by atoms with Gasteiger partial charge in [0.25, 0.3) is 5.89 Å². The fourth-order valence-corrected chi connectivity index (χ4v) is 3.67. The summed E-state index contributed by atoms with van der Waals surface area (Å²) in [6, 6.07) is 4.88. The van der Waals surface area contributed by atoms with Gasteiger partial charge in [-0.05, 0) is 51.9 Å². The van der Waals surface area contributed by atoms with Crippen LogP contribution in [0.3, 0.4) is 0 Å². The molecule has 1 aliphatic heterocycles. The maximum Gasteiger partial charge on any atom is 0.416 e. The SMILES string of the molecule is Cc1nc(C)c(-c2nc(-c3cccc(C(F)(F)F)c3)no2)c(C2CCNCC2)n1. The predicted octanol–water partition coefficient (Wildman–Crippen LogP) is 4.30. The third-order valence-corrected chi connectivity index (χ3v) is 5.04. The summed E-state index contributed by atoms with van der Waals surface area (Å²) in [5.74, 6) is 1.22. The molecule has 1 aliphatic rings. The van der Waals surface area contributed by atoms with Crippen LogP contribution in [0.2, 0.25) is 0 Å². The number of halogens is 3. The fourth-order valence-electron chi connectivity index (χ4n) is 3.67. The average molecular weight is 403 g/mol. The van der Waals surface area contributed by atoms with Crippen LogP contribution in [0.1, 0.15) is 41.5 Å². The van der Waals surface area contributed by atoms with Crippen molar-refractivity contribution in [3.05, 3.63) is 47.0 Å². The van der Waals surface area contributed by atoms with Crippen molar-refractivity contribution in [2.75, 3.05) is 13.1 Å². The molecular formula is C20H20F3N5O. The minimum Gasteiger partial charge on any atom is -0.333 e. The van der Waals surface area contributed by atoms with Crippen LogP contribution in [0.5, 0.6) is 0 Å². The Morgan fingerprint density at radius 2 is 1.83 bits per heavy atom. The maximum absolute atomic E-state index is 13.0. The van der Waals surface area contributed by atoms with E-state index in [1.54, 1.807) is 0 Å². The first-order chi connectivity index (χ1) is 13.8. The summed E-state index contributed by atoms with van der Waals surface area (Å²) in [6.45, 7) is 5.48. The molecule has 3 heterocycles. The van der Waals surface area contributed by atoms with Gasteiger partial charge in [-0.15, -0.1) is 0 Å². The molecule has 3 aromatic rings. The Morgan fingerprint density at radius 1 is 1.07 bits per heavy atom. The van der Waals surface area contributed by atoms with Crippen LogP contribution in [0.25, 0.3) is 22.8 Å². The molecule has 29 heavy (non-hydrogen) atoms. The molecule has 0 saturated carbocycles. The quantitative estimate of drug-likeness (QED) is 0.703. The second-order valence-corrected chi connectivity index (χ2v) is 7.14. The number of nitrogens with zero attached hydrogens (tertiary/aromatic N) is 4. The average Bonchev–Trinajstić information content (AvgIpc) is 3.17. The van der Waals surface area contributed by atoms with Crippen molar-refractivity contribution in [3.8, 4) is 22.8 Å². The summed E-state index contributed by atoms with van der Waals surface area (Å²) in [4.78, 5) is 13.5. The van der Waals surface area contributed by atoms with Gasteiger partial charge in [0.2, 0.25) is 5.82 Å². The standard InChI is InChI=1S/C20H20F3N5O/c1-11-16(17(26-12(2)25-11)13-6-8-24-9-7-13)19-27-18(28-29-19)14-4-3-5-15(10-14)20(21,22)23/h3-5,10,13,24H,6-9H2,1-2H3. The lowest BCUT2D eigenvalue weighted by Crippen LogP contribution is -2.27. The molecule has 2 aromatic heterocycles. The number of hydrogen-bond donors (Lipinski definition) is 1. The van der Waals surface area contributed by atoms with E-state index in [9.17, 15) is 13.2 Å². The van der Waals surface area contributed by atoms with Crippen LogP contribution in [0, 0.1) is 13.8 Å². The highest BCUT2D eigenvalue weighted by atomic mass is 19.4. The molecule has 152 valence electrons. The Labute approximate surface area is 165 Å². The smallest absolute Gasteiger partial charge is 0.333 e. The minimum absolute atomic E-state index is 0.0994. The van der Waals surface area contributed by atoms with Crippen LogP contribution in [-0.4, -0.2) is 33.2 Å². The maximum atomic E-state index is 13.0. The number of benzene rings is 1. The Hall–Kier alpha value is -2.81. The van der Waals surface area contributed by atoms with Gasteiger partial charge in [0, 0.05) is 11.5 Å². The largest absolute Gasteiger partial charge is 0.416 e. The molecule has 0 spiro atoms. The predicted molar refractivity (Wildman–Crippen MR) is 100 cm³/mol. The molecule has 1 N–H and O–H groups in total. The van der Waals surface area contributed by atoms with Crippen molar-refractivity contribution in [1.82, 2.24) is 25.4 Å². The van der Waals surface area contributed by atoms with Gasteiger partial charge in [-0.3, -0.25) is 0 Å². The number of aromatic nitrogens is 4. The lowest BCUT2D eigenvalue weighted by molar-refractivity contribution is -0.137. The van der Waals surface area contributed by atoms with Crippen molar-refractivity contribution in [3.63, 3.8) is 0 Å². The van der Waals surface area contributed by atoms with Gasteiger partial charge in [0.1, 0.15) is 5.82 Å². The first-order valence-electron chi connectivity index (χ1n) is 9.40. The fraction of sp³-hybridized carbons (Fsp3) is 0.400. The van der Waals surface area contributed by atoms with Gasteiger partial charge < -0.3 is 9.84 Å². The Bertz CT molecular complexity index is 1030. The number of rotatable bonds is 3. The zero-order chi connectivity index (χ0) is 20.6. The van der Waals surface area contributed by atoms with Gasteiger partial charge >= 0.3 is 6.18 Å². The Balaban J connectivity index is 1.75. The van der Waals surface area contributed by atoms with Gasteiger partial charge in [0.05, 0.1) is 22.5 Å². The van der Waals surface area contributed by atoms with Crippen molar-refractivity contribution < 1.29 is 17.7 Å². The first kappa shape index (κ1) is 19.5. The van der Waals surface area contributed by atoms with Gasteiger partial charge in [0.15, 0.2) is 0 Å². The van der Waals surface area contributed by atoms with Crippen LogP contribution >= 0.6 is 0 Å². The second-order valence-electron chi connectivity index (χ2n) is 7.14. The zero-order valence-corrected chi connectivity index (χ0v) is 16.0. The third kappa shape index (κ3) is 4.00. The van der Waals surface area contributed by atoms with Crippen LogP contribution in [-0.2, 0) is 6.18 Å². The van der Waals surface area contributed by atoms with Crippen molar-refractivity contribution >= 4 is 0 Å². The van der Waals surface area contributed by atoms with E-state index in [1.165, 1.54) is 12.1 Å². The molecule has 0 amide bonds. The summed E-state index contributed by atoms with van der Waals surface area (Å²) in [5.41, 5.74) is 1.73. The van der Waals surface area contributed by atoms with Gasteiger partial charge in [-0.25, -0.2) is 9.97 Å².